The van der Waals surface area contributed by atoms with Crippen LogP contribution in [0.2, 0.25) is 5.02 Å². The lowest BCUT2D eigenvalue weighted by atomic mass is 9.96. The molecule has 34 heavy (non-hydrogen) atoms. The Balaban J connectivity index is 1.69. The van der Waals surface area contributed by atoms with E-state index >= 15 is 0 Å². The van der Waals surface area contributed by atoms with Crippen molar-refractivity contribution in [3.8, 4) is 16.9 Å². The van der Waals surface area contributed by atoms with Crippen molar-refractivity contribution in [1.82, 2.24) is 5.32 Å². The van der Waals surface area contributed by atoms with E-state index in [1.165, 1.54) is 5.56 Å². The maximum absolute atomic E-state index is 12.7. The molecule has 0 saturated carbocycles. The number of fused-ring (bicyclic) bond motifs is 1. The van der Waals surface area contributed by atoms with Gasteiger partial charge in [0.2, 0.25) is 5.91 Å². The second-order valence-electron chi connectivity index (χ2n) is 8.37. The van der Waals surface area contributed by atoms with E-state index in [9.17, 15) is 4.79 Å². The van der Waals surface area contributed by atoms with Gasteiger partial charge in [-0.1, -0.05) is 53.6 Å². The first-order valence-electron chi connectivity index (χ1n) is 11.3. The van der Waals surface area contributed by atoms with Crippen molar-refractivity contribution < 1.29 is 13.9 Å². The summed E-state index contributed by atoms with van der Waals surface area (Å²) in [5.74, 6) is 0.567. The molecule has 0 bridgehead atoms. The summed E-state index contributed by atoms with van der Waals surface area (Å²) in [6.07, 6.45) is 3.41. The SMILES string of the molecule is CCOc1c(/C(C)=C/C(=O)NCc2ccc(Cl)cc2)cc2c(-c3ccc(C)cc3)coc2c1C. The lowest BCUT2D eigenvalue weighted by molar-refractivity contribution is -0.116. The molecule has 4 aromatic rings. The second kappa shape index (κ2) is 10.2. The number of ether oxygens (including phenoxy) is 1. The van der Waals surface area contributed by atoms with E-state index in [0.29, 0.717) is 18.2 Å². The number of nitrogens with one attached hydrogen (secondary N) is 1. The Morgan fingerprint density at radius 1 is 1.09 bits per heavy atom. The molecule has 1 N–H and O–H groups in total. The molecule has 0 unspecified atom stereocenters. The number of carbonyl (C=O) groups excluding carboxylic acids is 1. The molecule has 1 heterocycles. The van der Waals surface area contributed by atoms with Gasteiger partial charge in [0.05, 0.1) is 12.9 Å². The fourth-order valence-corrected chi connectivity index (χ4v) is 4.14. The van der Waals surface area contributed by atoms with Gasteiger partial charge in [0.15, 0.2) is 0 Å². The zero-order chi connectivity index (χ0) is 24.2. The van der Waals surface area contributed by atoms with Crippen molar-refractivity contribution in [1.29, 1.82) is 0 Å². The number of amides is 1. The van der Waals surface area contributed by atoms with E-state index in [4.69, 9.17) is 20.8 Å². The van der Waals surface area contributed by atoms with Crippen LogP contribution in [0, 0.1) is 13.8 Å². The molecular formula is C29H28ClNO3. The molecule has 4 nitrogen and oxygen atoms in total. The fourth-order valence-electron chi connectivity index (χ4n) is 4.01. The maximum atomic E-state index is 12.7. The van der Waals surface area contributed by atoms with Gasteiger partial charge in [-0.05, 0) is 62.6 Å². The largest absolute Gasteiger partial charge is 0.493 e. The van der Waals surface area contributed by atoms with E-state index in [-0.39, 0.29) is 5.91 Å². The molecule has 0 atom stereocenters. The van der Waals surface area contributed by atoms with E-state index in [1.807, 2.05) is 45.0 Å². The van der Waals surface area contributed by atoms with E-state index in [0.717, 1.165) is 50.1 Å². The molecule has 1 aromatic heterocycles. The number of hydrogen-bond donors (Lipinski definition) is 1. The first-order valence-corrected chi connectivity index (χ1v) is 11.7. The number of furan rings is 1. The predicted octanol–water partition coefficient (Wildman–Crippen LogP) is 7.49. The summed E-state index contributed by atoms with van der Waals surface area (Å²) in [6, 6.07) is 17.9. The molecule has 0 aliphatic carbocycles. The van der Waals surface area contributed by atoms with Crippen LogP contribution in [-0.4, -0.2) is 12.5 Å². The minimum atomic E-state index is -0.168. The molecule has 1 amide bonds. The third kappa shape index (κ3) is 5.02. The minimum Gasteiger partial charge on any atom is -0.493 e. The van der Waals surface area contributed by atoms with Crippen molar-refractivity contribution in [2.24, 2.45) is 0 Å². The van der Waals surface area contributed by atoms with Gasteiger partial charge < -0.3 is 14.5 Å². The number of aryl methyl sites for hydroxylation is 2. The molecule has 4 rings (SSSR count). The summed E-state index contributed by atoms with van der Waals surface area (Å²) >= 11 is 5.94. The van der Waals surface area contributed by atoms with Crippen molar-refractivity contribution >= 4 is 34.1 Å². The number of hydrogen-bond acceptors (Lipinski definition) is 3. The number of halogens is 1. The minimum absolute atomic E-state index is 0.168. The molecule has 0 aliphatic heterocycles. The zero-order valence-electron chi connectivity index (χ0n) is 19.9. The molecule has 5 heteroatoms. The highest BCUT2D eigenvalue weighted by Gasteiger charge is 2.19. The summed E-state index contributed by atoms with van der Waals surface area (Å²) in [5.41, 5.74) is 7.70. The van der Waals surface area contributed by atoms with E-state index in [2.05, 4.69) is 42.6 Å². The Morgan fingerprint density at radius 3 is 2.47 bits per heavy atom. The Bertz CT molecular complexity index is 1350. The normalized spacial score (nSPS) is 11.6. The summed E-state index contributed by atoms with van der Waals surface area (Å²) in [7, 11) is 0. The molecule has 0 radical (unpaired) electrons. The van der Waals surface area contributed by atoms with Gasteiger partial charge in [-0.15, -0.1) is 0 Å². The van der Waals surface area contributed by atoms with E-state index in [1.54, 1.807) is 12.3 Å². The molecular weight excluding hydrogens is 446 g/mol. The van der Waals surface area contributed by atoms with Gasteiger partial charge in [0.25, 0.3) is 0 Å². The van der Waals surface area contributed by atoms with Crippen LogP contribution in [-0.2, 0) is 11.3 Å². The highest BCUT2D eigenvalue weighted by molar-refractivity contribution is 6.30. The smallest absolute Gasteiger partial charge is 0.244 e. The Morgan fingerprint density at radius 2 is 1.79 bits per heavy atom. The fraction of sp³-hybridized carbons (Fsp3) is 0.207. The van der Waals surface area contributed by atoms with Gasteiger partial charge in [-0.2, -0.15) is 0 Å². The van der Waals surface area contributed by atoms with Crippen molar-refractivity contribution in [3.05, 3.63) is 94.2 Å². The first-order chi connectivity index (χ1) is 16.4. The monoisotopic (exact) mass is 473 g/mol. The van der Waals surface area contributed by atoms with Crippen LogP contribution < -0.4 is 10.1 Å². The third-order valence-electron chi connectivity index (χ3n) is 5.85. The van der Waals surface area contributed by atoms with E-state index < -0.39 is 0 Å². The number of rotatable bonds is 7. The van der Waals surface area contributed by atoms with Gasteiger partial charge >= 0.3 is 0 Å². The van der Waals surface area contributed by atoms with Crippen LogP contribution in [0.4, 0.5) is 0 Å². The first kappa shape index (κ1) is 23.7. The van der Waals surface area contributed by atoms with Gasteiger partial charge in [-0.25, -0.2) is 0 Å². The standard InChI is InChI=1S/C29H28ClNO3/c1-5-33-28-20(4)29-25(26(17-34-29)22-10-6-18(2)7-11-22)15-24(28)19(3)14-27(32)31-16-21-8-12-23(30)13-9-21/h6-15,17H,5,16H2,1-4H3,(H,31,32)/b19-14+. The van der Waals surface area contributed by atoms with Gasteiger partial charge in [-0.3, -0.25) is 4.79 Å². The molecule has 3 aromatic carbocycles. The number of allylic oxidation sites excluding steroid dienone is 1. The van der Waals surface area contributed by atoms with Crippen LogP contribution in [0.25, 0.3) is 27.7 Å². The lowest BCUT2D eigenvalue weighted by Gasteiger charge is -2.15. The quantitative estimate of drug-likeness (QED) is 0.283. The molecule has 0 fully saturated rings. The maximum Gasteiger partial charge on any atom is 0.244 e. The summed E-state index contributed by atoms with van der Waals surface area (Å²) in [5, 5.41) is 4.61. The van der Waals surface area contributed by atoms with Crippen LogP contribution in [0.3, 0.4) is 0 Å². The Labute approximate surface area is 205 Å². The molecule has 0 spiro atoms. The Kier molecular flexibility index (Phi) is 7.09. The summed E-state index contributed by atoms with van der Waals surface area (Å²) < 4.78 is 12.0. The molecule has 174 valence electrons. The topological polar surface area (TPSA) is 51.5 Å². The summed E-state index contributed by atoms with van der Waals surface area (Å²) in [6.45, 7) is 8.88. The second-order valence-corrected chi connectivity index (χ2v) is 8.81. The zero-order valence-corrected chi connectivity index (χ0v) is 20.6. The summed E-state index contributed by atoms with van der Waals surface area (Å²) in [4.78, 5) is 12.7. The lowest BCUT2D eigenvalue weighted by Crippen LogP contribution is -2.20. The molecule has 0 saturated heterocycles. The highest BCUT2D eigenvalue weighted by Crippen LogP contribution is 2.40. The van der Waals surface area contributed by atoms with Crippen molar-refractivity contribution in [3.63, 3.8) is 0 Å². The van der Waals surface area contributed by atoms with Crippen molar-refractivity contribution in [2.75, 3.05) is 6.61 Å². The van der Waals surface area contributed by atoms with Gasteiger partial charge in [0, 0.05) is 39.7 Å². The average Bonchev–Trinajstić information content (AvgIpc) is 3.25. The molecule has 0 aliphatic rings. The van der Waals surface area contributed by atoms with Crippen LogP contribution in [0.5, 0.6) is 5.75 Å². The van der Waals surface area contributed by atoms with Gasteiger partial charge in [0.1, 0.15) is 11.3 Å². The number of benzene rings is 3. The van der Waals surface area contributed by atoms with Crippen LogP contribution >= 0.6 is 11.6 Å². The van der Waals surface area contributed by atoms with Crippen molar-refractivity contribution in [2.45, 2.75) is 34.2 Å². The third-order valence-corrected chi connectivity index (χ3v) is 6.10. The van der Waals surface area contributed by atoms with Crippen LogP contribution in [0.15, 0.2) is 71.4 Å². The highest BCUT2D eigenvalue weighted by atomic mass is 35.5. The Hall–Kier alpha value is -3.50. The number of carbonyl (C=O) groups is 1. The average molecular weight is 474 g/mol. The predicted molar refractivity (Wildman–Crippen MR) is 139 cm³/mol. The van der Waals surface area contributed by atoms with Crippen LogP contribution in [0.1, 0.15) is 36.1 Å².